The minimum absolute atomic E-state index is 0.0989. The van der Waals surface area contributed by atoms with Crippen molar-refractivity contribution >= 4 is 39.3 Å². The molecule has 6 nitrogen and oxygen atoms in total. The van der Waals surface area contributed by atoms with Gasteiger partial charge in [-0.3, -0.25) is 9.69 Å². The maximum absolute atomic E-state index is 13.3. The van der Waals surface area contributed by atoms with Gasteiger partial charge in [-0.25, -0.2) is 8.42 Å². The first kappa shape index (κ1) is 28.6. The number of amides is 1. The number of benzene rings is 3. The Hall–Kier alpha value is -2.91. The van der Waals surface area contributed by atoms with Gasteiger partial charge in [-0.05, 0) is 90.7 Å². The first-order chi connectivity index (χ1) is 19.3. The van der Waals surface area contributed by atoms with Crippen LogP contribution in [0.3, 0.4) is 0 Å². The number of ether oxygens (including phenoxy) is 1. The number of nitrogens with zero attached hydrogens (tertiary/aromatic N) is 1. The molecule has 1 N–H and O–H groups in total. The van der Waals surface area contributed by atoms with Gasteiger partial charge in [0.25, 0.3) is 5.91 Å². The summed E-state index contributed by atoms with van der Waals surface area (Å²) in [5.74, 6) is 0.564. The van der Waals surface area contributed by atoms with Crippen LogP contribution in [-0.2, 0) is 25.9 Å². The molecule has 0 unspecified atom stereocenters. The van der Waals surface area contributed by atoms with Crippen LogP contribution in [0.1, 0.15) is 37.3 Å². The molecule has 0 spiro atoms. The number of anilines is 1. The summed E-state index contributed by atoms with van der Waals surface area (Å²) in [5, 5.41) is 2.98. The standard InChI is InChI=1S/C32H36N2O4S2/c1-3-39-30-7-5-4-6-29(30)24-10-13-31-26(20-24)21-25(16-19-40(31,36)37)32(35)33-27-11-8-23(9-12-27)22-34(2)28-14-17-38-18-15-28/h4-13,20-21,28H,3,14-19,22H2,1-2H3,(H,33,35). The molecule has 0 aliphatic carbocycles. The molecule has 0 aromatic heterocycles. The molecular formula is C32H36N2O4S2. The third-order valence-electron chi connectivity index (χ3n) is 7.56. The second-order valence-corrected chi connectivity index (χ2v) is 13.7. The molecule has 40 heavy (non-hydrogen) atoms. The number of carbonyl (C=O) groups is 1. The van der Waals surface area contributed by atoms with Gasteiger partial charge in [0.05, 0.1) is 10.6 Å². The molecule has 2 heterocycles. The van der Waals surface area contributed by atoms with Crippen LogP contribution in [0.4, 0.5) is 5.69 Å². The minimum atomic E-state index is -3.51. The van der Waals surface area contributed by atoms with E-state index in [9.17, 15) is 13.2 Å². The SMILES string of the molecule is CCSc1ccccc1-c1ccc2c(c1)C=C(C(=O)Nc1ccc(CN(C)C3CCOCC3)cc1)CCS2(=O)=O. The molecular weight excluding hydrogens is 540 g/mol. The van der Waals surface area contributed by atoms with Crippen molar-refractivity contribution in [3.63, 3.8) is 0 Å². The number of hydrogen-bond acceptors (Lipinski definition) is 6. The molecule has 5 rings (SSSR count). The van der Waals surface area contributed by atoms with Gasteiger partial charge in [-0.1, -0.05) is 43.3 Å². The smallest absolute Gasteiger partial charge is 0.251 e. The fraction of sp³-hybridized carbons (Fsp3) is 0.344. The average Bonchev–Trinajstić information content (AvgIpc) is 3.10. The number of sulfone groups is 1. The summed E-state index contributed by atoms with van der Waals surface area (Å²) in [6, 6.07) is 22.0. The van der Waals surface area contributed by atoms with Crippen LogP contribution in [0, 0.1) is 0 Å². The normalized spacial score (nSPS) is 17.1. The van der Waals surface area contributed by atoms with Crippen LogP contribution in [0.15, 0.2) is 82.1 Å². The van der Waals surface area contributed by atoms with Crippen molar-refractivity contribution < 1.29 is 17.9 Å². The zero-order chi connectivity index (χ0) is 28.1. The number of nitrogens with one attached hydrogen (secondary N) is 1. The molecule has 2 aliphatic heterocycles. The lowest BCUT2D eigenvalue weighted by molar-refractivity contribution is -0.112. The summed E-state index contributed by atoms with van der Waals surface area (Å²) in [6.45, 7) is 4.57. The predicted molar refractivity (Wildman–Crippen MR) is 163 cm³/mol. The molecule has 0 atom stereocenters. The summed E-state index contributed by atoms with van der Waals surface area (Å²) < 4.78 is 31.7. The molecule has 0 saturated carbocycles. The maximum atomic E-state index is 13.3. The highest BCUT2D eigenvalue weighted by atomic mass is 32.2. The van der Waals surface area contributed by atoms with Crippen LogP contribution < -0.4 is 5.32 Å². The highest BCUT2D eigenvalue weighted by molar-refractivity contribution is 7.99. The van der Waals surface area contributed by atoms with Crippen molar-refractivity contribution in [2.24, 2.45) is 0 Å². The van der Waals surface area contributed by atoms with Gasteiger partial charge in [-0.2, -0.15) is 0 Å². The van der Waals surface area contributed by atoms with E-state index < -0.39 is 9.84 Å². The van der Waals surface area contributed by atoms with Crippen LogP contribution in [0.2, 0.25) is 0 Å². The molecule has 8 heteroatoms. The van der Waals surface area contributed by atoms with E-state index in [0.717, 1.165) is 54.4 Å². The summed E-state index contributed by atoms with van der Waals surface area (Å²) in [6.07, 6.45) is 3.99. The Morgan fingerprint density at radius 2 is 1.80 bits per heavy atom. The fourth-order valence-corrected chi connectivity index (χ4v) is 7.63. The maximum Gasteiger partial charge on any atom is 0.251 e. The lowest BCUT2D eigenvalue weighted by Crippen LogP contribution is -2.36. The largest absolute Gasteiger partial charge is 0.381 e. The molecule has 1 amide bonds. The third kappa shape index (κ3) is 6.69. The van der Waals surface area contributed by atoms with E-state index >= 15 is 0 Å². The molecule has 0 bridgehead atoms. The van der Waals surface area contributed by atoms with Crippen molar-refractivity contribution in [1.82, 2.24) is 4.90 Å². The highest BCUT2D eigenvalue weighted by Gasteiger charge is 2.25. The van der Waals surface area contributed by atoms with Crippen molar-refractivity contribution in [1.29, 1.82) is 0 Å². The lowest BCUT2D eigenvalue weighted by atomic mass is 10.0. The Morgan fingerprint density at radius 1 is 1.05 bits per heavy atom. The molecule has 1 fully saturated rings. The summed E-state index contributed by atoms with van der Waals surface area (Å²) in [7, 11) is -1.37. The quantitative estimate of drug-likeness (QED) is 0.318. The Morgan fingerprint density at radius 3 is 2.55 bits per heavy atom. The van der Waals surface area contributed by atoms with Crippen molar-refractivity contribution in [2.75, 3.05) is 37.1 Å². The zero-order valence-electron chi connectivity index (χ0n) is 23.1. The monoisotopic (exact) mass is 576 g/mol. The number of hydrogen-bond donors (Lipinski definition) is 1. The third-order valence-corrected chi connectivity index (χ3v) is 10.3. The predicted octanol–water partition coefficient (Wildman–Crippen LogP) is 6.28. The van der Waals surface area contributed by atoms with Gasteiger partial charge in [0.15, 0.2) is 9.84 Å². The Balaban J connectivity index is 1.34. The van der Waals surface area contributed by atoms with Gasteiger partial charge in [0, 0.05) is 42.0 Å². The van der Waals surface area contributed by atoms with Gasteiger partial charge in [0.2, 0.25) is 0 Å². The molecule has 3 aromatic carbocycles. The van der Waals surface area contributed by atoms with Crippen molar-refractivity contribution in [3.8, 4) is 11.1 Å². The molecule has 0 radical (unpaired) electrons. The van der Waals surface area contributed by atoms with Crippen LogP contribution in [0.25, 0.3) is 17.2 Å². The first-order valence-corrected chi connectivity index (χ1v) is 16.5. The van der Waals surface area contributed by atoms with Crippen LogP contribution >= 0.6 is 11.8 Å². The van der Waals surface area contributed by atoms with E-state index in [1.165, 1.54) is 5.56 Å². The van der Waals surface area contributed by atoms with Crippen molar-refractivity contribution in [2.45, 2.75) is 48.6 Å². The Kier molecular flexibility index (Phi) is 9.10. The number of rotatable bonds is 8. The second-order valence-electron chi connectivity index (χ2n) is 10.3. The summed E-state index contributed by atoms with van der Waals surface area (Å²) in [4.78, 5) is 17.1. The Labute approximate surface area is 241 Å². The van der Waals surface area contributed by atoms with E-state index in [1.54, 1.807) is 23.9 Å². The van der Waals surface area contributed by atoms with Gasteiger partial charge >= 0.3 is 0 Å². The van der Waals surface area contributed by atoms with E-state index in [0.29, 0.717) is 22.9 Å². The molecule has 210 valence electrons. The number of carbonyl (C=O) groups excluding carboxylic acids is 1. The number of fused-ring (bicyclic) bond motifs is 1. The second kappa shape index (κ2) is 12.7. The number of thioether (sulfide) groups is 1. The molecule has 3 aromatic rings. The lowest BCUT2D eigenvalue weighted by Gasteiger charge is -2.31. The Bertz CT molecular complexity index is 1490. The zero-order valence-corrected chi connectivity index (χ0v) is 24.7. The average molecular weight is 577 g/mol. The molecule has 2 aliphatic rings. The summed E-state index contributed by atoms with van der Waals surface area (Å²) >= 11 is 1.75. The fourth-order valence-electron chi connectivity index (χ4n) is 5.34. The van der Waals surface area contributed by atoms with E-state index in [-0.39, 0.29) is 23.0 Å². The minimum Gasteiger partial charge on any atom is -0.381 e. The van der Waals surface area contributed by atoms with Crippen LogP contribution in [0.5, 0.6) is 0 Å². The van der Waals surface area contributed by atoms with E-state index in [2.05, 4.69) is 30.3 Å². The van der Waals surface area contributed by atoms with E-state index in [1.807, 2.05) is 54.6 Å². The highest BCUT2D eigenvalue weighted by Crippen LogP contribution is 2.35. The van der Waals surface area contributed by atoms with Crippen molar-refractivity contribution in [3.05, 3.63) is 83.4 Å². The topological polar surface area (TPSA) is 75.7 Å². The van der Waals surface area contributed by atoms with Gasteiger partial charge < -0.3 is 10.1 Å². The first-order valence-electron chi connectivity index (χ1n) is 13.8. The molecule has 1 saturated heterocycles. The van der Waals surface area contributed by atoms with Crippen LogP contribution in [-0.4, -0.2) is 57.0 Å². The van der Waals surface area contributed by atoms with E-state index in [4.69, 9.17) is 4.74 Å². The van der Waals surface area contributed by atoms with Gasteiger partial charge in [-0.15, -0.1) is 11.8 Å². The summed E-state index contributed by atoms with van der Waals surface area (Å²) in [5.41, 5.74) is 4.87. The van der Waals surface area contributed by atoms with Gasteiger partial charge in [0.1, 0.15) is 0 Å².